The molecule has 1 saturated carbocycles. The van der Waals surface area contributed by atoms with Crippen LogP contribution in [0, 0.1) is 17.2 Å². The number of nitriles is 1. The monoisotopic (exact) mass is 237 g/mol. The molecule has 4 nitrogen and oxygen atoms in total. The van der Waals surface area contributed by atoms with E-state index in [-0.39, 0.29) is 5.54 Å². The van der Waals surface area contributed by atoms with Gasteiger partial charge in [0.05, 0.1) is 12.7 Å². The van der Waals surface area contributed by atoms with Crippen molar-refractivity contribution >= 4 is 0 Å². The number of hydrogen-bond acceptors (Lipinski definition) is 4. The maximum absolute atomic E-state index is 9.54. The SMILES string of the molecule is CCNC(C#N)(CN(C)C1CCOC1)C1CC1. The van der Waals surface area contributed by atoms with E-state index in [0.29, 0.717) is 12.0 Å². The van der Waals surface area contributed by atoms with Crippen LogP contribution < -0.4 is 5.32 Å². The van der Waals surface area contributed by atoms with Gasteiger partial charge in [-0.25, -0.2) is 0 Å². The van der Waals surface area contributed by atoms with Crippen LogP contribution in [0.3, 0.4) is 0 Å². The third-order valence-corrected chi connectivity index (χ3v) is 3.99. The molecule has 0 aromatic heterocycles. The van der Waals surface area contributed by atoms with Gasteiger partial charge in [0.2, 0.25) is 0 Å². The summed E-state index contributed by atoms with van der Waals surface area (Å²) in [5.74, 6) is 0.539. The quantitative estimate of drug-likeness (QED) is 0.748. The third-order valence-electron chi connectivity index (χ3n) is 3.99. The van der Waals surface area contributed by atoms with Crippen LogP contribution in [0.2, 0.25) is 0 Å². The van der Waals surface area contributed by atoms with Crippen LogP contribution >= 0.6 is 0 Å². The van der Waals surface area contributed by atoms with Crippen LogP contribution in [0.15, 0.2) is 0 Å². The van der Waals surface area contributed by atoms with Gasteiger partial charge in [-0.2, -0.15) is 5.26 Å². The van der Waals surface area contributed by atoms with Crippen LogP contribution in [0.1, 0.15) is 26.2 Å². The average Bonchev–Trinajstić information content (AvgIpc) is 3.04. The summed E-state index contributed by atoms with van der Waals surface area (Å²) in [6.45, 7) is 5.43. The molecule has 96 valence electrons. The van der Waals surface area contributed by atoms with Gasteiger partial charge >= 0.3 is 0 Å². The van der Waals surface area contributed by atoms with Crippen LogP contribution in [0.4, 0.5) is 0 Å². The second kappa shape index (κ2) is 5.34. The molecule has 1 aliphatic carbocycles. The van der Waals surface area contributed by atoms with E-state index in [1.165, 1.54) is 12.8 Å². The smallest absolute Gasteiger partial charge is 0.122 e. The number of ether oxygens (including phenoxy) is 1. The molecule has 2 rings (SSSR count). The molecule has 0 spiro atoms. The van der Waals surface area contributed by atoms with Gasteiger partial charge in [0, 0.05) is 19.2 Å². The van der Waals surface area contributed by atoms with Crippen molar-refractivity contribution in [3.63, 3.8) is 0 Å². The van der Waals surface area contributed by atoms with Crippen LogP contribution in [-0.4, -0.2) is 49.8 Å². The summed E-state index contributed by atoms with van der Waals surface area (Å²) < 4.78 is 5.42. The van der Waals surface area contributed by atoms with E-state index in [1.807, 2.05) is 0 Å². The molecule has 1 heterocycles. The van der Waals surface area contributed by atoms with Crippen molar-refractivity contribution in [1.29, 1.82) is 5.26 Å². The number of nitrogens with one attached hydrogen (secondary N) is 1. The Balaban J connectivity index is 1.98. The van der Waals surface area contributed by atoms with Crippen molar-refractivity contribution in [2.45, 2.75) is 37.8 Å². The molecule has 0 aromatic rings. The summed E-state index contributed by atoms with van der Waals surface area (Å²) in [6, 6.07) is 3.03. The Morgan fingerprint density at radius 1 is 1.47 bits per heavy atom. The van der Waals surface area contributed by atoms with E-state index in [4.69, 9.17) is 4.74 Å². The maximum Gasteiger partial charge on any atom is 0.122 e. The predicted molar refractivity (Wildman–Crippen MR) is 66.6 cm³/mol. The summed E-state index contributed by atoms with van der Waals surface area (Å²) in [5, 5.41) is 13.0. The summed E-state index contributed by atoms with van der Waals surface area (Å²) in [6.07, 6.45) is 3.47. The summed E-state index contributed by atoms with van der Waals surface area (Å²) >= 11 is 0. The van der Waals surface area contributed by atoms with Gasteiger partial charge in [-0.15, -0.1) is 0 Å². The minimum atomic E-state index is -0.341. The highest BCUT2D eigenvalue weighted by molar-refractivity contribution is 5.16. The Kier molecular flexibility index (Phi) is 4.03. The van der Waals surface area contributed by atoms with Gasteiger partial charge < -0.3 is 4.74 Å². The molecular formula is C13H23N3O. The van der Waals surface area contributed by atoms with Crippen molar-refractivity contribution in [3.8, 4) is 6.07 Å². The third kappa shape index (κ3) is 2.79. The van der Waals surface area contributed by atoms with Gasteiger partial charge in [-0.05, 0) is 38.8 Å². The van der Waals surface area contributed by atoms with E-state index >= 15 is 0 Å². The Morgan fingerprint density at radius 3 is 2.71 bits per heavy atom. The zero-order valence-corrected chi connectivity index (χ0v) is 10.9. The number of likely N-dealkylation sites (N-methyl/N-ethyl adjacent to an activating group) is 2. The molecule has 2 aliphatic rings. The first-order valence-electron chi connectivity index (χ1n) is 6.66. The Hall–Kier alpha value is -0.630. The van der Waals surface area contributed by atoms with E-state index in [0.717, 1.165) is 32.7 Å². The summed E-state index contributed by atoms with van der Waals surface area (Å²) in [7, 11) is 2.12. The number of hydrogen-bond donors (Lipinski definition) is 1. The molecule has 0 amide bonds. The fraction of sp³-hybridized carbons (Fsp3) is 0.923. The van der Waals surface area contributed by atoms with Crippen LogP contribution in [0.5, 0.6) is 0 Å². The molecule has 1 N–H and O–H groups in total. The predicted octanol–water partition coefficient (Wildman–Crippen LogP) is 0.989. The van der Waals surface area contributed by atoms with Crippen molar-refractivity contribution in [1.82, 2.24) is 10.2 Å². The van der Waals surface area contributed by atoms with Crippen molar-refractivity contribution in [2.24, 2.45) is 5.92 Å². The van der Waals surface area contributed by atoms with E-state index < -0.39 is 0 Å². The zero-order valence-electron chi connectivity index (χ0n) is 10.9. The van der Waals surface area contributed by atoms with Gasteiger partial charge in [-0.3, -0.25) is 10.2 Å². The van der Waals surface area contributed by atoms with Crippen LogP contribution in [-0.2, 0) is 4.74 Å². The van der Waals surface area contributed by atoms with Crippen molar-refractivity contribution < 1.29 is 4.74 Å². The maximum atomic E-state index is 9.54. The minimum absolute atomic E-state index is 0.341. The van der Waals surface area contributed by atoms with Crippen molar-refractivity contribution in [3.05, 3.63) is 0 Å². The van der Waals surface area contributed by atoms with Gasteiger partial charge in [0.15, 0.2) is 0 Å². The largest absolute Gasteiger partial charge is 0.380 e. The molecule has 2 unspecified atom stereocenters. The van der Waals surface area contributed by atoms with Gasteiger partial charge in [-0.1, -0.05) is 6.92 Å². The van der Waals surface area contributed by atoms with Gasteiger partial charge in [0.1, 0.15) is 5.54 Å². The Labute approximate surface area is 104 Å². The molecule has 0 aromatic carbocycles. The number of rotatable bonds is 6. The lowest BCUT2D eigenvalue weighted by Gasteiger charge is -2.34. The molecule has 0 bridgehead atoms. The highest BCUT2D eigenvalue weighted by Crippen LogP contribution is 2.40. The van der Waals surface area contributed by atoms with E-state index in [1.54, 1.807) is 0 Å². The normalized spacial score (nSPS) is 28.0. The molecule has 2 fully saturated rings. The lowest BCUT2D eigenvalue weighted by molar-refractivity contribution is 0.139. The Bertz CT molecular complexity index is 292. The molecule has 2 atom stereocenters. The second-order valence-electron chi connectivity index (χ2n) is 5.32. The first-order valence-corrected chi connectivity index (χ1v) is 6.66. The summed E-state index contributed by atoms with van der Waals surface area (Å²) in [5.41, 5.74) is -0.341. The zero-order chi connectivity index (χ0) is 12.3. The van der Waals surface area contributed by atoms with E-state index in [2.05, 4.69) is 30.3 Å². The standard InChI is InChI=1S/C13H23N3O/c1-3-15-13(9-14,11-4-5-11)10-16(2)12-6-7-17-8-12/h11-12,15H,3-8,10H2,1-2H3. The van der Waals surface area contributed by atoms with Gasteiger partial charge in [0.25, 0.3) is 0 Å². The molecule has 4 heteroatoms. The first-order chi connectivity index (χ1) is 8.22. The topological polar surface area (TPSA) is 48.3 Å². The minimum Gasteiger partial charge on any atom is -0.380 e. The Morgan fingerprint density at radius 2 is 2.24 bits per heavy atom. The lowest BCUT2D eigenvalue weighted by atomic mass is 9.93. The average molecular weight is 237 g/mol. The second-order valence-corrected chi connectivity index (χ2v) is 5.32. The molecular weight excluding hydrogens is 214 g/mol. The molecule has 1 saturated heterocycles. The first kappa shape index (κ1) is 12.8. The molecule has 1 aliphatic heterocycles. The highest BCUT2D eigenvalue weighted by atomic mass is 16.5. The molecule has 17 heavy (non-hydrogen) atoms. The fourth-order valence-electron chi connectivity index (χ4n) is 2.78. The molecule has 0 radical (unpaired) electrons. The highest BCUT2D eigenvalue weighted by Gasteiger charge is 2.46. The van der Waals surface area contributed by atoms with Crippen LogP contribution in [0.25, 0.3) is 0 Å². The lowest BCUT2D eigenvalue weighted by Crippen LogP contribution is -2.55. The van der Waals surface area contributed by atoms with E-state index in [9.17, 15) is 5.26 Å². The summed E-state index contributed by atoms with van der Waals surface area (Å²) in [4.78, 5) is 2.30. The van der Waals surface area contributed by atoms with Crippen molar-refractivity contribution in [2.75, 3.05) is 33.4 Å². The number of nitrogens with zero attached hydrogens (tertiary/aromatic N) is 2. The fourth-order valence-corrected chi connectivity index (χ4v) is 2.78.